The summed E-state index contributed by atoms with van der Waals surface area (Å²) in [6.45, 7) is 0.802. The molecule has 40 heavy (non-hydrogen) atoms. The average Bonchev–Trinajstić information content (AvgIpc) is 3.39. The lowest BCUT2D eigenvalue weighted by Gasteiger charge is -2.31. The number of benzene rings is 2. The van der Waals surface area contributed by atoms with Crippen LogP contribution in [0.15, 0.2) is 30.3 Å². The van der Waals surface area contributed by atoms with Crippen molar-refractivity contribution in [3.8, 4) is 5.75 Å². The second kappa shape index (κ2) is 12.2. The van der Waals surface area contributed by atoms with E-state index in [-0.39, 0.29) is 30.4 Å². The summed E-state index contributed by atoms with van der Waals surface area (Å²) in [7, 11) is 1.10. The Morgan fingerprint density at radius 1 is 1.12 bits per heavy atom. The van der Waals surface area contributed by atoms with Crippen LogP contribution in [0.2, 0.25) is 0 Å². The third kappa shape index (κ3) is 6.24. The van der Waals surface area contributed by atoms with Gasteiger partial charge in [-0.05, 0) is 31.9 Å². The summed E-state index contributed by atoms with van der Waals surface area (Å²) in [5.74, 6) is -7.65. The highest BCUT2D eigenvalue weighted by Gasteiger charge is 2.32. The van der Waals surface area contributed by atoms with Crippen LogP contribution in [0.3, 0.4) is 0 Å². The fourth-order valence-corrected chi connectivity index (χ4v) is 4.41. The third-order valence-corrected chi connectivity index (χ3v) is 6.77. The Morgan fingerprint density at radius 3 is 2.50 bits per heavy atom. The molecule has 1 saturated heterocycles. The van der Waals surface area contributed by atoms with E-state index in [1.165, 1.54) is 0 Å². The molecule has 0 saturated carbocycles. The van der Waals surface area contributed by atoms with Gasteiger partial charge in [-0.15, -0.1) is 0 Å². The molecule has 0 spiro atoms. The van der Waals surface area contributed by atoms with Gasteiger partial charge < -0.3 is 24.7 Å². The fraction of sp³-hybridized carbons (Fsp3) is 0.370. The lowest BCUT2D eigenvalue weighted by atomic mass is 9.95. The number of amides is 2. The quantitative estimate of drug-likeness (QED) is 0.304. The zero-order chi connectivity index (χ0) is 29.0. The van der Waals surface area contributed by atoms with Gasteiger partial charge >= 0.3 is 5.97 Å². The number of methoxy groups -OCH3 is 1. The van der Waals surface area contributed by atoms with Gasteiger partial charge in [0, 0.05) is 30.6 Å². The number of nitrogens with one attached hydrogen (secondary N) is 2. The van der Waals surface area contributed by atoms with Crippen LogP contribution in [0.25, 0.3) is 11.0 Å². The maximum absolute atomic E-state index is 14.1. The minimum atomic E-state index is -1.49. The number of hydrogen-bond acceptors (Lipinski definition) is 7. The normalized spacial score (nSPS) is 14.6. The van der Waals surface area contributed by atoms with Crippen molar-refractivity contribution in [3.05, 3.63) is 59.2 Å². The van der Waals surface area contributed by atoms with E-state index >= 15 is 0 Å². The Morgan fingerprint density at radius 2 is 1.82 bits per heavy atom. The van der Waals surface area contributed by atoms with Crippen LogP contribution in [0.5, 0.6) is 5.75 Å². The number of esters is 1. The Balaban J connectivity index is 1.36. The van der Waals surface area contributed by atoms with Gasteiger partial charge in [-0.3, -0.25) is 19.2 Å². The number of aromatic amines is 1. The number of carbonyl (C=O) groups is 4. The summed E-state index contributed by atoms with van der Waals surface area (Å²) in [5, 5.41) is 2.50. The minimum Gasteiger partial charge on any atom is -0.482 e. The molecule has 0 radical (unpaired) electrons. The number of rotatable bonds is 9. The highest BCUT2D eigenvalue weighted by Crippen LogP contribution is 2.27. The number of ketones is 1. The number of H-pyrrole nitrogens is 1. The van der Waals surface area contributed by atoms with Gasteiger partial charge in [0.1, 0.15) is 18.5 Å². The Kier molecular flexibility index (Phi) is 8.70. The SMILES string of the molecule is COC(=O)C[C@H](NC(=O)C1CCN(C(=O)c2nc3ccccc3[nH]2)CC1)C(=O)COc1c(C)c(F)cc(F)c1F. The second-order valence-corrected chi connectivity index (χ2v) is 9.37. The van der Waals surface area contributed by atoms with Gasteiger partial charge in [0.05, 0.1) is 24.6 Å². The van der Waals surface area contributed by atoms with Gasteiger partial charge in [-0.1, -0.05) is 12.1 Å². The van der Waals surface area contributed by atoms with E-state index in [2.05, 4.69) is 20.0 Å². The largest absolute Gasteiger partial charge is 0.482 e. The molecular formula is C27H27F3N4O6. The zero-order valence-electron chi connectivity index (χ0n) is 21.8. The number of piperidine rings is 1. The number of aromatic nitrogens is 2. The first kappa shape index (κ1) is 28.6. The summed E-state index contributed by atoms with van der Waals surface area (Å²) in [4.78, 5) is 59.5. The first-order valence-electron chi connectivity index (χ1n) is 12.5. The monoisotopic (exact) mass is 560 g/mol. The Bertz CT molecular complexity index is 1390. The summed E-state index contributed by atoms with van der Waals surface area (Å²) in [6.07, 6.45) is 0.0492. The zero-order valence-corrected chi connectivity index (χ0v) is 21.8. The Labute approximate surface area is 226 Å². The van der Waals surface area contributed by atoms with Crippen LogP contribution < -0.4 is 10.1 Å². The van der Waals surface area contributed by atoms with E-state index in [1.807, 2.05) is 12.1 Å². The lowest BCUT2D eigenvalue weighted by Crippen LogP contribution is -2.49. The fourth-order valence-electron chi connectivity index (χ4n) is 4.41. The molecule has 2 N–H and O–H groups in total. The maximum atomic E-state index is 14.1. The van der Waals surface area contributed by atoms with Crippen LogP contribution in [0, 0.1) is 30.3 Å². The molecule has 212 valence electrons. The molecule has 1 fully saturated rings. The topological polar surface area (TPSA) is 131 Å². The summed E-state index contributed by atoms with van der Waals surface area (Å²) >= 11 is 0. The van der Waals surface area contributed by atoms with Gasteiger partial charge in [0.2, 0.25) is 11.7 Å². The van der Waals surface area contributed by atoms with E-state index in [1.54, 1.807) is 17.0 Å². The van der Waals surface area contributed by atoms with E-state index in [9.17, 15) is 32.3 Å². The van der Waals surface area contributed by atoms with Crippen molar-refractivity contribution in [3.63, 3.8) is 0 Å². The minimum absolute atomic E-state index is 0.192. The van der Waals surface area contributed by atoms with E-state index in [0.717, 1.165) is 19.6 Å². The molecule has 4 rings (SSSR count). The molecule has 10 nitrogen and oxygen atoms in total. The summed E-state index contributed by atoms with van der Waals surface area (Å²) in [5.41, 5.74) is 1.04. The number of nitrogens with zero attached hydrogens (tertiary/aromatic N) is 2. The molecule has 2 amide bonds. The number of fused-ring (bicyclic) bond motifs is 1. The number of ether oxygens (including phenoxy) is 2. The molecular weight excluding hydrogens is 533 g/mol. The van der Waals surface area contributed by atoms with Gasteiger partial charge in [-0.2, -0.15) is 4.39 Å². The summed E-state index contributed by atoms with van der Waals surface area (Å²) < 4.78 is 51.2. The molecule has 1 aromatic heterocycles. The van der Waals surface area contributed by atoms with Crippen molar-refractivity contribution in [2.24, 2.45) is 5.92 Å². The molecule has 0 aliphatic carbocycles. The number of hydrogen-bond donors (Lipinski definition) is 2. The van der Waals surface area contributed by atoms with Crippen molar-refractivity contribution in [2.75, 3.05) is 26.8 Å². The molecule has 0 bridgehead atoms. The molecule has 3 aromatic rings. The number of para-hydroxylation sites is 2. The summed E-state index contributed by atoms with van der Waals surface area (Å²) in [6, 6.07) is 6.19. The molecule has 1 aliphatic rings. The van der Waals surface area contributed by atoms with Gasteiger partial charge in [-0.25, -0.2) is 13.8 Å². The van der Waals surface area contributed by atoms with E-state index in [0.29, 0.717) is 24.4 Å². The predicted molar refractivity (Wildman–Crippen MR) is 135 cm³/mol. The molecule has 1 aliphatic heterocycles. The van der Waals surface area contributed by atoms with Crippen LogP contribution in [0.4, 0.5) is 13.2 Å². The highest BCUT2D eigenvalue weighted by atomic mass is 19.2. The molecule has 2 aromatic carbocycles. The number of carbonyl (C=O) groups excluding carboxylic acids is 4. The predicted octanol–water partition coefficient (Wildman–Crippen LogP) is 2.84. The van der Waals surface area contributed by atoms with Crippen molar-refractivity contribution in [1.29, 1.82) is 0 Å². The molecule has 2 heterocycles. The first-order valence-corrected chi connectivity index (χ1v) is 12.5. The van der Waals surface area contributed by atoms with E-state index < -0.39 is 65.8 Å². The average molecular weight is 561 g/mol. The first-order chi connectivity index (χ1) is 19.1. The van der Waals surface area contributed by atoms with Crippen molar-refractivity contribution in [1.82, 2.24) is 20.2 Å². The lowest BCUT2D eigenvalue weighted by molar-refractivity contribution is -0.143. The molecule has 13 heteroatoms. The highest BCUT2D eigenvalue weighted by molar-refractivity contribution is 5.95. The second-order valence-electron chi connectivity index (χ2n) is 9.37. The van der Waals surface area contributed by atoms with Crippen molar-refractivity contribution in [2.45, 2.75) is 32.2 Å². The van der Waals surface area contributed by atoms with Crippen LogP contribution in [-0.4, -0.2) is 71.3 Å². The van der Waals surface area contributed by atoms with E-state index in [4.69, 9.17) is 4.74 Å². The number of halogens is 3. The number of imidazole rings is 1. The third-order valence-electron chi connectivity index (χ3n) is 6.77. The number of Topliss-reactive ketones (excluding diaryl/α,β-unsaturated/α-hetero) is 1. The Hall–Kier alpha value is -4.42. The maximum Gasteiger partial charge on any atom is 0.308 e. The van der Waals surface area contributed by atoms with Crippen molar-refractivity contribution >= 4 is 34.6 Å². The molecule has 0 unspecified atom stereocenters. The van der Waals surface area contributed by atoms with Crippen LogP contribution in [-0.2, 0) is 19.1 Å². The van der Waals surface area contributed by atoms with Gasteiger partial charge in [0.25, 0.3) is 5.91 Å². The number of likely N-dealkylation sites (tertiary alicyclic amines) is 1. The van der Waals surface area contributed by atoms with Crippen LogP contribution >= 0.6 is 0 Å². The van der Waals surface area contributed by atoms with Crippen molar-refractivity contribution < 1.29 is 41.8 Å². The molecule has 1 atom stereocenters. The van der Waals surface area contributed by atoms with Gasteiger partial charge in [0.15, 0.2) is 23.2 Å². The van der Waals surface area contributed by atoms with Crippen LogP contribution in [0.1, 0.15) is 35.4 Å². The standard InChI is InChI=1S/C27H27F3N4O6/c1-14-16(28)11-17(29)23(30)24(14)40-13-21(35)20(12-22(36)39-2)33-26(37)15-7-9-34(10-8-15)27(38)25-31-18-5-3-4-6-19(18)32-25/h3-6,11,15,20H,7-10,12-13H2,1-2H3,(H,31,32)(H,33,37)/t20-/m0/s1. The smallest absolute Gasteiger partial charge is 0.308 e.